The molecule has 0 fully saturated rings. The molecule has 0 bridgehead atoms. The number of hydrogen-bond donors (Lipinski definition) is 1. The molecule has 1 unspecified atom stereocenters. The monoisotopic (exact) mass is 250 g/mol. The molecule has 0 saturated heterocycles. The van der Waals surface area contributed by atoms with Gasteiger partial charge in [-0.25, -0.2) is 5.84 Å². The highest BCUT2D eigenvalue weighted by Gasteiger charge is 2.24. The molecular weight excluding hydrogens is 228 g/mol. The summed E-state index contributed by atoms with van der Waals surface area (Å²) < 4.78 is 5.48. The van der Waals surface area contributed by atoms with Crippen LogP contribution in [-0.2, 0) is 4.79 Å². The normalized spacial score (nSPS) is 12.2. The lowest BCUT2D eigenvalue weighted by Crippen LogP contribution is -2.36. The predicted molar refractivity (Wildman–Crippen MR) is 72.6 cm³/mol. The van der Waals surface area contributed by atoms with Gasteiger partial charge in [-0.1, -0.05) is 6.07 Å². The fraction of sp³-hybridized carbons (Fsp3) is 0.500. The van der Waals surface area contributed by atoms with Gasteiger partial charge < -0.3 is 4.74 Å². The van der Waals surface area contributed by atoms with Gasteiger partial charge in [0, 0.05) is 12.6 Å². The summed E-state index contributed by atoms with van der Waals surface area (Å²) in [4.78, 5) is 12.0. The average molecular weight is 250 g/mol. The molecule has 0 radical (unpaired) electrons. The molecule has 1 amide bonds. The Balaban J connectivity index is 3.40. The van der Waals surface area contributed by atoms with E-state index in [-0.39, 0.29) is 11.8 Å². The first-order chi connectivity index (χ1) is 8.31. The van der Waals surface area contributed by atoms with Crippen molar-refractivity contribution in [3.05, 3.63) is 28.3 Å². The predicted octanol–water partition coefficient (Wildman–Crippen LogP) is 2.06. The molecule has 0 saturated carbocycles. The van der Waals surface area contributed by atoms with Crippen LogP contribution in [0.4, 0.5) is 0 Å². The Morgan fingerprint density at radius 1 is 1.33 bits per heavy atom. The molecule has 1 aromatic carbocycles. The van der Waals surface area contributed by atoms with E-state index in [4.69, 9.17) is 10.6 Å². The summed E-state index contributed by atoms with van der Waals surface area (Å²) in [7, 11) is 3.19. The number of hydrogen-bond acceptors (Lipinski definition) is 3. The molecule has 1 aromatic rings. The molecule has 4 heteroatoms. The highest BCUT2D eigenvalue weighted by Crippen LogP contribution is 2.35. The van der Waals surface area contributed by atoms with Gasteiger partial charge in [0.2, 0.25) is 5.91 Å². The van der Waals surface area contributed by atoms with E-state index in [0.29, 0.717) is 0 Å². The van der Waals surface area contributed by atoms with Crippen molar-refractivity contribution in [2.75, 3.05) is 14.2 Å². The first-order valence-electron chi connectivity index (χ1n) is 5.98. The lowest BCUT2D eigenvalue weighted by molar-refractivity contribution is -0.131. The molecule has 2 N–H and O–H groups in total. The van der Waals surface area contributed by atoms with Gasteiger partial charge in [-0.3, -0.25) is 9.80 Å². The van der Waals surface area contributed by atoms with Crippen molar-refractivity contribution in [3.63, 3.8) is 0 Å². The zero-order valence-corrected chi connectivity index (χ0v) is 12.0. The van der Waals surface area contributed by atoms with Crippen LogP contribution in [0.15, 0.2) is 6.07 Å². The van der Waals surface area contributed by atoms with Gasteiger partial charge in [0.05, 0.1) is 13.0 Å². The summed E-state index contributed by atoms with van der Waals surface area (Å²) in [5.74, 6) is 5.88. The van der Waals surface area contributed by atoms with Crippen molar-refractivity contribution in [2.24, 2.45) is 5.84 Å². The lowest BCUT2D eigenvalue weighted by atomic mass is 9.90. The second-order valence-corrected chi connectivity index (χ2v) is 4.75. The molecule has 18 heavy (non-hydrogen) atoms. The number of benzene rings is 1. The molecule has 0 heterocycles. The number of likely N-dealkylation sites (N-methyl/N-ethyl adjacent to an activating group) is 1. The first-order valence-corrected chi connectivity index (χ1v) is 5.98. The van der Waals surface area contributed by atoms with Crippen LogP contribution in [0.1, 0.15) is 35.1 Å². The fourth-order valence-corrected chi connectivity index (χ4v) is 2.30. The second kappa shape index (κ2) is 5.40. The van der Waals surface area contributed by atoms with Crippen LogP contribution in [0.3, 0.4) is 0 Å². The Kier molecular flexibility index (Phi) is 4.35. The summed E-state index contributed by atoms with van der Waals surface area (Å²) in [6.07, 6.45) is 0. The van der Waals surface area contributed by atoms with Crippen LogP contribution in [-0.4, -0.2) is 25.1 Å². The van der Waals surface area contributed by atoms with Crippen molar-refractivity contribution < 1.29 is 9.53 Å². The molecule has 0 spiro atoms. The van der Waals surface area contributed by atoms with Crippen LogP contribution in [0.2, 0.25) is 0 Å². The highest BCUT2D eigenvalue weighted by atomic mass is 16.5. The van der Waals surface area contributed by atoms with Crippen LogP contribution < -0.4 is 10.6 Å². The van der Waals surface area contributed by atoms with Crippen LogP contribution in [0.25, 0.3) is 0 Å². The Morgan fingerprint density at radius 2 is 1.89 bits per heavy atom. The van der Waals surface area contributed by atoms with Crippen molar-refractivity contribution in [1.29, 1.82) is 0 Å². The molecule has 0 aliphatic rings. The van der Waals surface area contributed by atoms with Crippen molar-refractivity contribution in [1.82, 2.24) is 5.01 Å². The van der Waals surface area contributed by atoms with E-state index in [9.17, 15) is 4.79 Å². The number of nitrogens with zero attached hydrogens (tertiary/aromatic N) is 1. The standard InChI is InChI=1S/C14H22N2O2/c1-8-7-9(2)12(13(18-6)10(8)3)11(4)14(17)16(5)15/h7,11H,15H2,1-6H3. The Hall–Kier alpha value is -1.55. The van der Waals surface area contributed by atoms with E-state index in [1.54, 1.807) is 14.2 Å². The number of methoxy groups -OCH3 is 1. The summed E-state index contributed by atoms with van der Waals surface area (Å²) >= 11 is 0. The maximum Gasteiger partial charge on any atom is 0.243 e. The molecule has 0 aliphatic heterocycles. The SMILES string of the molecule is COc1c(C)c(C)cc(C)c1C(C)C(=O)N(C)N. The van der Waals surface area contributed by atoms with E-state index in [1.807, 2.05) is 27.7 Å². The molecule has 0 aromatic heterocycles. The molecule has 1 rings (SSSR count). The third kappa shape index (κ3) is 2.48. The van der Waals surface area contributed by atoms with Gasteiger partial charge in [0.15, 0.2) is 0 Å². The minimum atomic E-state index is -0.311. The third-order valence-electron chi connectivity index (χ3n) is 3.39. The van der Waals surface area contributed by atoms with E-state index in [1.165, 1.54) is 0 Å². The smallest absolute Gasteiger partial charge is 0.243 e. The van der Waals surface area contributed by atoms with Crippen LogP contribution >= 0.6 is 0 Å². The largest absolute Gasteiger partial charge is 0.496 e. The van der Waals surface area contributed by atoms with Gasteiger partial charge in [-0.05, 0) is 44.4 Å². The number of aryl methyl sites for hydroxylation is 2. The average Bonchev–Trinajstić information content (AvgIpc) is 2.31. The van der Waals surface area contributed by atoms with E-state index in [2.05, 4.69) is 6.07 Å². The number of ether oxygens (including phenoxy) is 1. The Bertz CT molecular complexity index is 467. The van der Waals surface area contributed by atoms with Gasteiger partial charge in [0.25, 0.3) is 0 Å². The number of carbonyl (C=O) groups excluding carboxylic acids is 1. The zero-order valence-electron chi connectivity index (χ0n) is 12.0. The quantitative estimate of drug-likeness (QED) is 0.507. The molecule has 4 nitrogen and oxygen atoms in total. The number of nitrogens with two attached hydrogens (primary N) is 1. The molecular formula is C14H22N2O2. The molecule has 0 aliphatic carbocycles. The molecule has 1 atom stereocenters. The van der Waals surface area contributed by atoms with Gasteiger partial charge in [-0.2, -0.15) is 0 Å². The minimum Gasteiger partial charge on any atom is -0.496 e. The minimum absolute atomic E-state index is 0.125. The maximum atomic E-state index is 12.0. The summed E-state index contributed by atoms with van der Waals surface area (Å²) in [5, 5.41) is 1.12. The van der Waals surface area contributed by atoms with Gasteiger partial charge >= 0.3 is 0 Å². The summed E-state index contributed by atoms with van der Waals surface area (Å²) in [6.45, 7) is 7.88. The topological polar surface area (TPSA) is 55.6 Å². The number of carbonyl (C=O) groups is 1. The Morgan fingerprint density at radius 3 is 2.33 bits per heavy atom. The highest BCUT2D eigenvalue weighted by molar-refractivity contribution is 5.84. The second-order valence-electron chi connectivity index (χ2n) is 4.75. The number of hydrazine groups is 1. The van der Waals surface area contributed by atoms with Gasteiger partial charge in [-0.15, -0.1) is 0 Å². The van der Waals surface area contributed by atoms with Gasteiger partial charge in [0.1, 0.15) is 5.75 Å². The summed E-state index contributed by atoms with van der Waals surface area (Å²) in [5.41, 5.74) is 4.20. The maximum absolute atomic E-state index is 12.0. The number of amides is 1. The third-order valence-corrected chi connectivity index (χ3v) is 3.39. The first kappa shape index (κ1) is 14.5. The fourth-order valence-electron chi connectivity index (χ4n) is 2.30. The van der Waals surface area contributed by atoms with Crippen molar-refractivity contribution in [3.8, 4) is 5.75 Å². The summed E-state index contributed by atoms with van der Waals surface area (Å²) in [6, 6.07) is 2.08. The zero-order chi connectivity index (χ0) is 14.0. The lowest BCUT2D eigenvalue weighted by Gasteiger charge is -2.23. The van der Waals surface area contributed by atoms with Crippen LogP contribution in [0, 0.1) is 20.8 Å². The van der Waals surface area contributed by atoms with E-state index >= 15 is 0 Å². The van der Waals surface area contributed by atoms with Crippen molar-refractivity contribution in [2.45, 2.75) is 33.6 Å². The van der Waals surface area contributed by atoms with E-state index < -0.39 is 0 Å². The van der Waals surface area contributed by atoms with Crippen molar-refractivity contribution >= 4 is 5.91 Å². The van der Waals surface area contributed by atoms with Crippen LogP contribution in [0.5, 0.6) is 5.75 Å². The Labute approximate surface area is 109 Å². The van der Waals surface area contributed by atoms with E-state index in [0.717, 1.165) is 33.0 Å². The number of rotatable bonds is 3. The molecule has 100 valence electrons.